The molecule has 0 spiro atoms. The van der Waals surface area contributed by atoms with E-state index in [9.17, 15) is 4.39 Å². The van der Waals surface area contributed by atoms with E-state index < -0.39 is 0 Å². The molecule has 2 N–H and O–H groups in total. The van der Waals surface area contributed by atoms with E-state index in [0.717, 1.165) is 31.0 Å². The van der Waals surface area contributed by atoms with Crippen LogP contribution >= 0.6 is 0 Å². The summed E-state index contributed by atoms with van der Waals surface area (Å²) in [5, 5.41) is 15.1. The van der Waals surface area contributed by atoms with Crippen LogP contribution in [0.2, 0.25) is 0 Å². The lowest BCUT2D eigenvalue weighted by molar-refractivity contribution is 0.198. The first-order valence-electron chi connectivity index (χ1n) is 9.47. The monoisotopic (exact) mass is 374 g/mol. The maximum absolute atomic E-state index is 13.3. The van der Waals surface area contributed by atoms with Crippen molar-refractivity contribution in [2.75, 3.05) is 13.6 Å². The van der Waals surface area contributed by atoms with Gasteiger partial charge in [0, 0.05) is 26.1 Å². The molecule has 2 heterocycles. The molecule has 1 aliphatic rings. The Bertz CT molecular complexity index is 775. The van der Waals surface area contributed by atoms with Crippen LogP contribution in [0.5, 0.6) is 5.75 Å². The number of halogens is 1. The lowest BCUT2D eigenvalue weighted by atomic mass is 10.2. The molecule has 0 radical (unpaired) electrons. The second-order valence-corrected chi connectivity index (χ2v) is 6.55. The van der Waals surface area contributed by atoms with Crippen LogP contribution < -0.4 is 15.4 Å². The fourth-order valence-corrected chi connectivity index (χ4v) is 3.10. The number of ether oxygens (including phenoxy) is 1. The fourth-order valence-electron chi connectivity index (χ4n) is 3.10. The Labute approximate surface area is 159 Å². The van der Waals surface area contributed by atoms with Gasteiger partial charge in [-0.3, -0.25) is 4.99 Å². The highest BCUT2D eigenvalue weighted by Gasteiger charge is 2.16. The van der Waals surface area contributed by atoms with Gasteiger partial charge in [0.2, 0.25) is 0 Å². The van der Waals surface area contributed by atoms with Crippen molar-refractivity contribution >= 4 is 5.96 Å². The molecule has 8 heteroatoms. The maximum atomic E-state index is 13.3. The first kappa shape index (κ1) is 19.1. The average molecular weight is 374 g/mol. The van der Waals surface area contributed by atoms with Gasteiger partial charge in [0.25, 0.3) is 0 Å². The number of aromatic nitrogens is 3. The van der Waals surface area contributed by atoms with Crippen LogP contribution in [-0.2, 0) is 19.5 Å². The van der Waals surface area contributed by atoms with E-state index in [4.69, 9.17) is 4.74 Å². The molecule has 0 fully saturated rings. The van der Waals surface area contributed by atoms with E-state index in [1.165, 1.54) is 25.0 Å². The molecule has 7 nitrogen and oxygen atoms in total. The van der Waals surface area contributed by atoms with Crippen molar-refractivity contribution in [2.24, 2.45) is 4.99 Å². The van der Waals surface area contributed by atoms with Crippen molar-refractivity contribution in [1.82, 2.24) is 25.4 Å². The minimum atomic E-state index is -0.301. The molecule has 0 amide bonds. The fraction of sp³-hybridized carbons (Fsp3) is 0.526. The molecule has 1 atom stereocenters. The van der Waals surface area contributed by atoms with Gasteiger partial charge >= 0.3 is 0 Å². The van der Waals surface area contributed by atoms with Crippen LogP contribution in [0.4, 0.5) is 4.39 Å². The van der Waals surface area contributed by atoms with Gasteiger partial charge in [-0.15, -0.1) is 10.2 Å². The molecule has 1 aromatic heterocycles. The van der Waals surface area contributed by atoms with Crippen LogP contribution in [0.25, 0.3) is 0 Å². The summed E-state index contributed by atoms with van der Waals surface area (Å²) in [6.07, 6.45) is 4.04. The van der Waals surface area contributed by atoms with Gasteiger partial charge in [0.05, 0.1) is 13.1 Å². The molecule has 0 bridgehead atoms. The first-order chi connectivity index (χ1) is 13.2. The Morgan fingerprint density at radius 2 is 2.22 bits per heavy atom. The average Bonchev–Trinajstić information content (AvgIpc) is 3.10. The molecule has 0 saturated heterocycles. The molecule has 146 valence electrons. The maximum Gasteiger partial charge on any atom is 0.191 e. The summed E-state index contributed by atoms with van der Waals surface area (Å²) in [5.41, 5.74) is 0. The summed E-state index contributed by atoms with van der Waals surface area (Å²) in [7, 11) is 1.73. The van der Waals surface area contributed by atoms with Crippen molar-refractivity contribution in [2.45, 2.75) is 51.8 Å². The summed E-state index contributed by atoms with van der Waals surface area (Å²) in [5.74, 6) is 2.89. The Morgan fingerprint density at radius 1 is 1.33 bits per heavy atom. The van der Waals surface area contributed by atoms with Gasteiger partial charge in [0.1, 0.15) is 23.5 Å². The van der Waals surface area contributed by atoms with E-state index in [1.54, 1.807) is 19.2 Å². The highest BCUT2D eigenvalue weighted by Crippen LogP contribution is 2.15. The zero-order valence-corrected chi connectivity index (χ0v) is 15.9. The first-order valence-corrected chi connectivity index (χ1v) is 9.47. The molecule has 27 heavy (non-hydrogen) atoms. The molecule has 3 rings (SSSR count). The SMILES string of the molecule is CCC(CNC(=NC)NCc1nnc2n1CCCC2)Oc1cccc(F)c1. The van der Waals surface area contributed by atoms with Gasteiger partial charge in [-0.2, -0.15) is 0 Å². The number of aryl methyl sites for hydroxylation is 1. The van der Waals surface area contributed by atoms with Gasteiger partial charge < -0.3 is 19.9 Å². The topological polar surface area (TPSA) is 76.4 Å². The standard InChI is InChI=1S/C19H27FN6O/c1-3-15(27-16-8-6-7-14(20)11-16)12-22-19(21-2)23-13-18-25-24-17-9-4-5-10-26(17)18/h6-8,11,15H,3-5,9-10,12-13H2,1-2H3,(H2,21,22,23). The van der Waals surface area contributed by atoms with Crippen molar-refractivity contribution in [3.63, 3.8) is 0 Å². The predicted molar refractivity (Wildman–Crippen MR) is 102 cm³/mol. The smallest absolute Gasteiger partial charge is 0.191 e. The second-order valence-electron chi connectivity index (χ2n) is 6.55. The van der Waals surface area contributed by atoms with Crippen molar-refractivity contribution in [1.29, 1.82) is 0 Å². The summed E-state index contributed by atoms with van der Waals surface area (Å²) >= 11 is 0. The highest BCUT2D eigenvalue weighted by molar-refractivity contribution is 5.79. The number of guanidine groups is 1. The van der Waals surface area contributed by atoms with Gasteiger partial charge in [0.15, 0.2) is 11.8 Å². The van der Waals surface area contributed by atoms with Crippen LogP contribution in [0.3, 0.4) is 0 Å². The quantitative estimate of drug-likeness (QED) is 0.574. The molecule has 0 aliphatic carbocycles. The zero-order chi connectivity index (χ0) is 19.1. The summed E-state index contributed by atoms with van der Waals surface area (Å²) in [6, 6.07) is 6.20. The highest BCUT2D eigenvalue weighted by atomic mass is 19.1. The third-order valence-electron chi connectivity index (χ3n) is 4.63. The minimum Gasteiger partial charge on any atom is -0.489 e. The van der Waals surface area contributed by atoms with E-state index in [2.05, 4.69) is 30.4 Å². The molecule has 2 aromatic rings. The number of nitrogens with zero attached hydrogens (tertiary/aromatic N) is 4. The summed E-state index contributed by atoms with van der Waals surface area (Å²) in [4.78, 5) is 4.25. The lowest BCUT2D eigenvalue weighted by Gasteiger charge is -2.20. The van der Waals surface area contributed by atoms with Crippen LogP contribution in [0, 0.1) is 5.82 Å². The number of benzene rings is 1. The predicted octanol–water partition coefficient (Wildman–Crippen LogP) is 2.28. The van der Waals surface area contributed by atoms with E-state index in [0.29, 0.717) is 24.8 Å². The number of aliphatic imine (C=N–C) groups is 1. The summed E-state index contributed by atoms with van der Waals surface area (Å²) in [6.45, 7) is 4.13. The molecule has 1 unspecified atom stereocenters. The Hall–Kier alpha value is -2.64. The third kappa shape index (κ3) is 5.18. The number of hydrogen-bond acceptors (Lipinski definition) is 4. The van der Waals surface area contributed by atoms with Crippen LogP contribution in [-0.4, -0.2) is 40.4 Å². The van der Waals surface area contributed by atoms with E-state index >= 15 is 0 Å². The molecular formula is C19H27FN6O. The second kappa shape index (κ2) is 9.34. The normalized spacial score (nSPS) is 15.1. The minimum absolute atomic E-state index is 0.0915. The van der Waals surface area contributed by atoms with E-state index in [-0.39, 0.29) is 11.9 Å². The number of hydrogen-bond donors (Lipinski definition) is 2. The van der Waals surface area contributed by atoms with E-state index in [1.807, 2.05) is 6.92 Å². The molecule has 0 saturated carbocycles. The van der Waals surface area contributed by atoms with Gasteiger partial charge in [-0.05, 0) is 31.4 Å². The van der Waals surface area contributed by atoms with Crippen molar-refractivity contribution < 1.29 is 9.13 Å². The van der Waals surface area contributed by atoms with Gasteiger partial charge in [-0.1, -0.05) is 13.0 Å². The summed E-state index contributed by atoms with van der Waals surface area (Å²) < 4.78 is 21.3. The van der Waals surface area contributed by atoms with Crippen LogP contribution in [0.15, 0.2) is 29.3 Å². The molecule has 1 aromatic carbocycles. The Morgan fingerprint density at radius 3 is 3.00 bits per heavy atom. The molecular weight excluding hydrogens is 347 g/mol. The third-order valence-corrected chi connectivity index (χ3v) is 4.63. The number of nitrogens with one attached hydrogen (secondary N) is 2. The zero-order valence-electron chi connectivity index (χ0n) is 15.9. The lowest BCUT2D eigenvalue weighted by Crippen LogP contribution is -2.42. The number of rotatable bonds is 7. The Kier molecular flexibility index (Phi) is 6.62. The largest absolute Gasteiger partial charge is 0.489 e. The van der Waals surface area contributed by atoms with Gasteiger partial charge in [-0.25, -0.2) is 4.39 Å². The van der Waals surface area contributed by atoms with Crippen molar-refractivity contribution in [3.05, 3.63) is 41.7 Å². The Balaban J connectivity index is 1.50. The van der Waals surface area contributed by atoms with Crippen molar-refractivity contribution in [3.8, 4) is 5.75 Å². The van der Waals surface area contributed by atoms with Crippen LogP contribution in [0.1, 0.15) is 37.8 Å². The number of fused-ring (bicyclic) bond motifs is 1. The molecule has 1 aliphatic heterocycles.